The molecule has 1 aliphatic rings. The monoisotopic (exact) mass is 479 g/mol. The summed E-state index contributed by atoms with van der Waals surface area (Å²) in [6.07, 6.45) is 2.46. The van der Waals surface area contributed by atoms with Gasteiger partial charge in [0.1, 0.15) is 18.5 Å². The molecule has 34 heavy (non-hydrogen) atoms. The molecule has 2 atom stereocenters. The first kappa shape index (κ1) is 24.2. The molecular formula is C27H30ClN3O3. The van der Waals surface area contributed by atoms with Gasteiger partial charge in [0.15, 0.2) is 0 Å². The van der Waals surface area contributed by atoms with Crippen LogP contribution < -0.4 is 15.5 Å². The number of hydrogen-bond acceptors (Lipinski definition) is 5. The Bertz CT molecular complexity index is 1060. The van der Waals surface area contributed by atoms with Gasteiger partial charge >= 0.3 is 0 Å². The van der Waals surface area contributed by atoms with Crippen LogP contribution in [0.2, 0.25) is 5.02 Å². The number of nitrogens with zero attached hydrogens (tertiary/aromatic N) is 1. The van der Waals surface area contributed by atoms with Gasteiger partial charge in [0.05, 0.1) is 5.69 Å². The van der Waals surface area contributed by atoms with Crippen molar-refractivity contribution in [3.63, 3.8) is 0 Å². The molecule has 1 saturated heterocycles. The average molecular weight is 480 g/mol. The number of aliphatic hydroxyl groups excluding tert-OH is 1. The molecule has 6 nitrogen and oxygen atoms in total. The SMILES string of the molecule is O=C(Nc1ccccc1OCC(O)CNN1CCC[C@@H]1Cc1ccc(Cl)cc1)c1ccccc1. The summed E-state index contributed by atoms with van der Waals surface area (Å²) in [7, 11) is 0. The summed E-state index contributed by atoms with van der Waals surface area (Å²) < 4.78 is 5.85. The molecular weight excluding hydrogens is 450 g/mol. The van der Waals surface area contributed by atoms with Crippen molar-refractivity contribution in [3.05, 3.63) is 95.0 Å². The number of carbonyl (C=O) groups is 1. The smallest absolute Gasteiger partial charge is 0.255 e. The lowest BCUT2D eigenvalue weighted by atomic mass is 10.0. The van der Waals surface area contributed by atoms with Gasteiger partial charge in [-0.05, 0) is 61.2 Å². The summed E-state index contributed by atoms with van der Waals surface area (Å²) in [5.74, 6) is 0.312. The van der Waals surface area contributed by atoms with Gasteiger partial charge in [0, 0.05) is 29.7 Å². The Morgan fingerprint density at radius 2 is 1.79 bits per heavy atom. The highest BCUT2D eigenvalue weighted by Crippen LogP contribution is 2.25. The molecule has 0 spiro atoms. The Kier molecular flexibility index (Phi) is 8.55. The Hall–Kier alpha value is -2.90. The first-order valence-corrected chi connectivity index (χ1v) is 12.0. The van der Waals surface area contributed by atoms with Gasteiger partial charge in [0.2, 0.25) is 0 Å². The Morgan fingerprint density at radius 1 is 1.06 bits per heavy atom. The lowest BCUT2D eigenvalue weighted by Crippen LogP contribution is -2.46. The Morgan fingerprint density at radius 3 is 2.59 bits per heavy atom. The molecule has 7 heteroatoms. The number of nitrogens with one attached hydrogen (secondary N) is 2. The zero-order chi connectivity index (χ0) is 23.8. The van der Waals surface area contributed by atoms with E-state index in [9.17, 15) is 9.90 Å². The van der Waals surface area contributed by atoms with Crippen molar-refractivity contribution in [1.82, 2.24) is 10.4 Å². The summed E-state index contributed by atoms with van der Waals surface area (Å²) >= 11 is 6.00. The molecule has 0 radical (unpaired) electrons. The summed E-state index contributed by atoms with van der Waals surface area (Å²) in [5, 5.41) is 16.4. The topological polar surface area (TPSA) is 73.8 Å². The number of benzene rings is 3. The predicted molar refractivity (Wildman–Crippen MR) is 135 cm³/mol. The minimum atomic E-state index is -0.699. The third kappa shape index (κ3) is 6.81. The highest BCUT2D eigenvalue weighted by Gasteiger charge is 2.25. The van der Waals surface area contributed by atoms with Gasteiger partial charge in [-0.25, -0.2) is 5.01 Å². The van der Waals surface area contributed by atoms with E-state index >= 15 is 0 Å². The molecule has 0 aromatic heterocycles. The summed E-state index contributed by atoms with van der Waals surface area (Å²) in [6.45, 7) is 1.44. The van der Waals surface area contributed by atoms with Crippen LogP contribution in [0.15, 0.2) is 78.9 Å². The fraction of sp³-hybridized carbons (Fsp3) is 0.296. The van der Waals surface area contributed by atoms with Crippen LogP contribution in [-0.4, -0.2) is 47.9 Å². The van der Waals surface area contributed by atoms with Crippen LogP contribution in [-0.2, 0) is 6.42 Å². The maximum absolute atomic E-state index is 12.5. The number of carbonyl (C=O) groups excluding carboxylic acids is 1. The normalized spacial score (nSPS) is 16.8. The third-order valence-corrected chi connectivity index (χ3v) is 6.15. The van der Waals surface area contributed by atoms with Crippen molar-refractivity contribution in [3.8, 4) is 5.75 Å². The molecule has 178 valence electrons. The van der Waals surface area contributed by atoms with Crippen LogP contribution >= 0.6 is 11.6 Å². The molecule has 1 unspecified atom stereocenters. The molecule has 1 amide bonds. The first-order valence-electron chi connectivity index (χ1n) is 11.6. The first-order chi connectivity index (χ1) is 16.6. The molecule has 3 aromatic rings. The van der Waals surface area contributed by atoms with Gasteiger partial charge in [-0.2, -0.15) is 0 Å². The van der Waals surface area contributed by atoms with E-state index in [1.54, 1.807) is 24.3 Å². The molecule has 3 N–H and O–H groups in total. The Labute approximate surface area is 205 Å². The second kappa shape index (κ2) is 12.0. The number of halogens is 1. The molecule has 1 aliphatic heterocycles. The van der Waals surface area contributed by atoms with Crippen molar-refractivity contribution < 1.29 is 14.6 Å². The maximum atomic E-state index is 12.5. The fourth-order valence-electron chi connectivity index (χ4n) is 4.10. The van der Waals surface area contributed by atoms with E-state index in [1.165, 1.54) is 5.56 Å². The number of aliphatic hydroxyl groups is 1. The van der Waals surface area contributed by atoms with Gasteiger partial charge in [-0.1, -0.05) is 54.1 Å². The maximum Gasteiger partial charge on any atom is 0.255 e. The zero-order valence-electron chi connectivity index (χ0n) is 19.0. The van der Waals surface area contributed by atoms with Crippen molar-refractivity contribution in [2.24, 2.45) is 0 Å². The van der Waals surface area contributed by atoms with Gasteiger partial charge < -0.3 is 15.2 Å². The number of hydrogen-bond donors (Lipinski definition) is 3. The van der Waals surface area contributed by atoms with Crippen molar-refractivity contribution in [2.75, 3.05) is 25.0 Å². The third-order valence-electron chi connectivity index (χ3n) is 5.89. The minimum Gasteiger partial charge on any atom is -0.489 e. The van der Waals surface area contributed by atoms with E-state index in [0.717, 1.165) is 30.8 Å². The van der Waals surface area contributed by atoms with Crippen molar-refractivity contribution in [2.45, 2.75) is 31.4 Å². The van der Waals surface area contributed by atoms with E-state index in [0.29, 0.717) is 29.6 Å². The molecule has 1 fully saturated rings. The summed E-state index contributed by atoms with van der Waals surface area (Å²) in [5.41, 5.74) is 5.76. The van der Waals surface area contributed by atoms with Crippen LogP contribution in [0.1, 0.15) is 28.8 Å². The molecule has 0 aliphatic carbocycles. The summed E-state index contributed by atoms with van der Waals surface area (Å²) in [6, 6.07) is 24.6. The number of rotatable bonds is 10. The van der Waals surface area contributed by atoms with Crippen molar-refractivity contribution in [1.29, 1.82) is 0 Å². The molecule has 0 bridgehead atoms. The number of hydrazine groups is 1. The van der Waals surface area contributed by atoms with Gasteiger partial charge in [-0.3, -0.25) is 10.2 Å². The minimum absolute atomic E-state index is 0.112. The second-order valence-corrected chi connectivity index (χ2v) is 8.90. The van der Waals surface area contributed by atoms with E-state index in [1.807, 2.05) is 42.5 Å². The average Bonchev–Trinajstić information content (AvgIpc) is 3.31. The number of para-hydroxylation sites is 2. The van der Waals surface area contributed by atoms with E-state index in [-0.39, 0.29) is 12.5 Å². The largest absolute Gasteiger partial charge is 0.489 e. The Balaban J connectivity index is 1.26. The zero-order valence-corrected chi connectivity index (χ0v) is 19.7. The van der Waals surface area contributed by atoms with Gasteiger partial charge in [0.25, 0.3) is 5.91 Å². The molecule has 1 heterocycles. The summed E-state index contributed by atoms with van der Waals surface area (Å²) in [4.78, 5) is 12.5. The lowest BCUT2D eigenvalue weighted by Gasteiger charge is -2.27. The standard InChI is InChI=1S/C27H30ClN3O3/c28-22-14-12-20(13-15-22)17-23-9-6-16-31(23)29-18-24(32)19-34-26-11-5-4-10-25(26)30-27(33)21-7-2-1-3-8-21/h1-5,7-8,10-15,23-24,29,32H,6,9,16-19H2,(H,30,33)/t23-,24?/m1/s1. The highest BCUT2D eigenvalue weighted by molar-refractivity contribution is 6.30. The number of ether oxygens (including phenoxy) is 1. The van der Waals surface area contributed by atoms with Crippen LogP contribution in [0.4, 0.5) is 5.69 Å². The van der Waals surface area contributed by atoms with Gasteiger partial charge in [-0.15, -0.1) is 0 Å². The van der Waals surface area contributed by atoms with Crippen LogP contribution in [0, 0.1) is 0 Å². The predicted octanol–water partition coefficient (Wildman–Crippen LogP) is 4.54. The lowest BCUT2D eigenvalue weighted by molar-refractivity contribution is 0.0712. The van der Waals surface area contributed by atoms with E-state index in [2.05, 4.69) is 27.9 Å². The number of anilines is 1. The van der Waals surface area contributed by atoms with Crippen LogP contribution in [0.25, 0.3) is 0 Å². The highest BCUT2D eigenvalue weighted by atomic mass is 35.5. The van der Waals surface area contributed by atoms with Crippen molar-refractivity contribution >= 4 is 23.2 Å². The van der Waals surface area contributed by atoms with Crippen LogP contribution in [0.3, 0.4) is 0 Å². The molecule has 3 aromatic carbocycles. The molecule has 4 rings (SSSR count). The quantitative estimate of drug-likeness (QED) is 0.398. The van der Waals surface area contributed by atoms with E-state index < -0.39 is 6.10 Å². The fourth-order valence-corrected chi connectivity index (χ4v) is 4.22. The van der Waals surface area contributed by atoms with E-state index in [4.69, 9.17) is 16.3 Å². The van der Waals surface area contributed by atoms with Crippen LogP contribution in [0.5, 0.6) is 5.75 Å². The molecule has 0 saturated carbocycles. The number of amides is 1. The second-order valence-electron chi connectivity index (χ2n) is 8.46.